The van der Waals surface area contributed by atoms with Crippen LogP contribution < -0.4 is 15.4 Å². The molecule has 0 aromatic heterocycles. The Hall–Kier alpha value is -3.26. The predicted octanol–water partition coefficient (Wildman–Crippen LogP) is 3.07. The third-order valence-corrected chi connectivity index (χ3v) is 3.75. The first-order chi connectivity index (χ1) is 12.1. The molecule has 5 nitrogen and oxygen atoms in total. The van der Waals surface area contributed by atoms with Crippen molar-refractivity contribution in [1.29, 1.82) is 5.26 Å². The van der Waals surface area contributed by atoms with E-state index in [0.29, 0.717) is 6.54 Å². The highest BCUT2D eigenvalue weighted by Gasteiger charge is 2.10. The molecule has 0 saturated heterocycles. The first-order valence-electron chi connectivity index (χ1n) is 7.96. The third-order valence-electron chi connectivity index (χ3n) is 3.75. The van der Waals surface area contributed by atoms with Crippen LogP contribution in [0.1, 0.15) is 24.1 Å². The van der Waals surface area contributed by atoms with Gasteiger partial charge in [0.1, 0.15) is 17.4 Å². The summed E-state index contributed by atoms with van der Waals surface area (Å²) in [5.41, 5.74) is 2.04. The lowest BCUT2D eigenvalue weighted by atomic mass is 10.1. The van der Waals surface area contributed by atoms with E-state index < -0.39 is 5.91 Å². The molecule has 0 aliphatic carbocycles. The average Bonchev–Trinajstić information content (AvgIpc) is 2.67. The molecule has 0 spiro atoms. The van der Waals surface area contributed by atoms with E-state index in [1.165, 1.54) is 6.20 Å². The summed E-state index contributed by atoms with van der Waals surface area (Å²) < 4.78 is 5.09. The topological polar surface area (TPSA) is 74.1 Å². The highest BCUT2D eigenvalue weighted by atomic mass is 16.5. The molecule has 2 N–H and O–H groups in total. The first kappa shape index (κ1) is 18.1. The minimum atomic E-state index is -0.411. The van der Waals surface area contributed by atoms with E-state index in [9.17, 15) is 10.1 Å². The number of ether oxygens (including phenoxy) is 1. The third kappa shape index (κ3) is 5.40. The van der Waals surface area contributed by atoms with Gasteiger partial charge in [-0.1, -0.05) is 42.5 Å². The van der Waals surface area contributed by atoms with Crippen molar-refractivity contribution in [2.45, 2.75) is 19.5 Å². The molecule has 128 valence electrons. The second kappa shape index (κ2) is 9.14. The first-order valence-corrected chi connectivity index (χ1v) is 7.96. The zero-order valence-corrected chi connectivity index (χ0v) is 14.3. The lowest BCUT2D eigenvalue weighted by molar-refractivity contribution is -0.117. The fraction of sp³-hybridized carbons (Fsp3) is 0.200. The largest absolute Gasteiger partial charge is 0.497 e. The highest BCUT2D eigenvalue weighted by Crippen LogP contribution is 2.12. The van der Waals surface area contributed by atoms with E-state index in [1.54, 1.807) is 7.11 Å². The molecule has 0 radical (unpaired) electrons. The maximum atomic E-state index is 12.2. The van der Waals surface area contributed by atoms with E-state index in [2.05, 4.69) is 10.6 Å². The maximum absolute atomic E-state index is 12.2. The van der Waals surface area contributed by atoms with Crippen molar-refractivity contribution in [3.8, 4) is 11.8 Å². The Kier molecular flexibility index (Phi) is 6.61. The minimum absolute atomic E-state index is 0.000983. The fourth-order valence-corrected chi connectivity index (χ4v) is 2.22. The normalized spacial score (nSPS) is 12.0. The van der Waals surface area contributed by atoms with Crippen LogP contribution in [0, 0.1) is 11.3 Å². The van der Waals surface area contributed by atoms with Crippen LogP contribution in [0.15, 0.2) is 66.4 Å². The van der Waals surface area contributed by atoms with Crippen molar-refractivity contribution >= 4 is 5.91 Å². The molecule has 2 rings (SSSR count). The number of benzene rings is 2. The van der Waals surface area contributed by atoms with Crippen LogP contribution in [0.3, 0.4) is 0 Å². The van der Waals surface area contributed by atoms with E-state index in [4.69, 9.17) is 4.74 Å². The molecule has 2 aromatic rings. The lowest BCUT2D eigenvalue weighted by Gasteiger charge is -2.12. The smallest absolute Gasteiger partial charge is 0.263 e. The summed E-state index contributed by atoms with van der Waals surface area (Å²) in [6, 6.07) is 19.1. The molecule has 1 unspecified atom stereocenters. The van der Waals surface area contributed by atoms with Crippen LogP contribution in [0.2, 0.25) is 0 Å². The standard InChI is InChI=1S/C20H21N3O2/c1-15(17-6-4-3-5-7-17)22-14-18(12-21)20(24)23-13-16-8-10-19(25-2)11-9-16/h3-11,14-15,22H,13H2,1-2H3,(H,23,24)/b18-14-. The van der Waals surface area contributed by atoms with Gasteiger partial charge in [-0.25, -0.2) is 0 Å². The number of methoxy groups -OCH3 is 1. The zero-order chi connectivity index (χ0) is 18.1. The Morgan fingerprint density at radius 1 is 1.20 bits per heavy atom. The van der Waals surface area contributed by atoms with E-state index in [1.807, 2.05) is 67.6 Å². The Bertz CT molecular complexity index is 762. The van der Waals surface area contributed by atoms with Crippen LogP contribution in [-0.4, -0.2) is 13.0 Å². The maximum Gasteiger partial charge on any atom is 0.263 e. The monoisotopic (exact) mass is 335 g/mol. The van der Waals surface area contributed by atoms with Crippen LogP contribution in [0.25, 0.3) is 0 Å². The molecule has 0 aliphatic heterocycles. The van der Waals surface area contributed by atoms with E-state index in [0.717, 1.165) is 16.9 Å². The van der Waals surface area contributed by atoms with Gasteiger partial charge in [-0.3, -0.25) is 4.79 Å². The predicted molar refractivity (Wildman–Crippen MR) is 96.5 cm³/mol. The molecule has 0 heterocycles. The number of nitrogens with zero attached hydrogens (tertiary/aromatic N) is 1. The Morgan fingerprint density at radius 2 is 1.88 bits per heavy atom. The van der Waals surface area contributed by atoms with Crippen LogP contribution in [0.4, 0.5) is 0 Å². The van der Waals surface area contributed by atoms with Crippen molar-refractivity contribution in [3.63, 3.8) is 0 Å². The van der Waals surface area contributed by atoms with Gasteiger partial charge >= 0.3 is 0 Å². The van der Waals surface area contributed by atoms with Gasteiger partial charge in [-0.15, -0.1) is 0 Å². The van der Waals surface area contributed by atoms with Crippen LogP contribution in [0.5, 0.6) is 5.75 Å². The minimum Gasteiger partial charge on any atom is -0.497 e. The van der Waals surface area contributed by atoms with Gasteiger partial charge in [0.2, 0.25) is 0 Å². The van der Waals surface area contributed by atoms with Crippen LogP contribution in [-0.2, 0) is 11.3 Å². The van der Waals surface area contributed by atoms with Gasteiger partial charge in [0, 0.05) is 18.8 Å². The lowest BCUT2D eigenvalue weighted by Crippen LogP contribution is -2.25. The second-order valence-electron chi connectivity index (χ2n) is 5.50. The second-order valence-corrected chi connectivity index (χ2v) is 5.50. The van der Waals surface area contributed by atoms with Gasteiger partial charge in [0.15, 0.2) is 0 Å². The van der Waals surface area contributed by atoms with Gasteiger partial charge in [-0.2, -0.15) is 5.26 Å². The van der Waals surface area contributed by atoms with Crippen molar-refractivity contribution in [2.24, 2.45) is 0 Å². The summed E-state index contributed by atoms with van der Waals surface area (Å²) in [7, 11) is 1.60. The molecule has 5 heteroatoms. The molecule has 2 aromatic carbocycles. The van der Waals surface area contributed by atoms with Crippen molar-refractivity contribution < 1.29 is 9.53 Å². The molecule has 0 fully saturated rings. The average molecular weight is 335 g/mol. The van der Waals surface area contributed by atoms with Crippen molar-refractivity contribution in [1.82, 2.24) is 10.6 Å². The fourth-order valence-electron chi connectivity index (χ4n) is 2.22. The molecule has 1 atom stereocenters. The van der Waals surface area contributed by atoms with Crippen LogP contribution >= 0.6 is 0 Å². The summed E-state index contributed by atoms with van der Waals surface area (Å²) in [5, 5.41) is 15.0. The summed E-state index contributed by atoms with van der Waals surface area (Å²) in [4.78, 5) is 12.2. The number of carbonyl (C=O) groups is 1. The Labute approximate surface area is 147 Å². The number of carbonyl (C=O) groups excluding carboxylic acids is 1. The molecule has 0 bridgehead atoms. The highest BCUT2D eigenvalue weighted by molar-refractivity contribution is 5.97. The number of nitriles is 1. The van der Waals surface area contributed by atoms with Gasteiger partial charge in [0.05, 0.1) is 7.11 Å². The van der Waals surface area contributed by atoms with Crippen molar-refractivity contribution in [2.75, 3.05) is 7.11 Å². The molecular formula is C20H21N3O2. The number of amides is 1. The molecular weight excluding hydrogens is 314 g/mol. The molecule has 1 amide bonds. The summed E-state index contributed by atoms with van der Waals surface area (Å²) in [5.74, 6) is 0.345. The Balaban J connectivity index is 1.92. The van der Waals surface area contributed by atoms with Gasteiger partial charge < -0.3 is 15.4 Å². The number of rotatable bonds is 7. The van der Waals surface area contributed by atoms with E-state index >= 15 is 0 Å². The number of hydrogen-bond acceptors (Lipinski definition) is 4. The number of nitrogens with one attached hydrogen (secondary N) is 2. The molecule has 0 saturated carbocycles. The quantitative estimate of drug-likeness (QED) is 0.602. The van der Waals surface area contributed by atoms with Gasteiger partial charge in [0.25, 0.3) is 5.91 Å². The molecule has 0 aliphatic rings. The summed E-state index contributed by atoms with van der Waals surface area (Å²) in [6.45, 7) is 2.31. The zero-order valence-electron chi connectivity index (χ0n) is 14.3. The van der Waals surface area contributed by atoms with Gasteiger partial charge in [-0.05, 0) is 30.2 Å². The summed E-state index contributed by atoms with van der Waals surface area (Å²) >= 11 is 0. The molecule has 25 heavy (non-hydrogen) atoms. The number of hydrogen-bond donors (Lipinski definition) is 2. The summed E-state index contributed by atoms with van der Waals surface area (Å²) in [6.07, 6.45) is 1.46. The van der Waals surface area contributed by atoms with Crippen molar-refractivity contribution in [3.05, 3.63) is 77.5 Å². The SMILES string of the molecule is COc1ccc(CNC(=O)/C(C#N)=C\NC(C)c2ccccc2)cc1. The Morgan fingerprint density at radius 3 is 2.48 bits per heavy atom. The van der Waals surface area contributed by atoms with E-state index in [-0.39, 0.29) is 11.6 Å².